The fourth-order valence-corrected chi connectivity index (χ4v) is 2.28. The van der Waals surface area contributed by atoms with Gasteiger partial charge in [0.1, 0.15) is 31.0 Å². The van der Waals surface area contributed by atoms with Gasteiger partial charge in [-0.1, -0.05) is 43.0 Å². The van der Waals surface area contributed by atoms with Gasteiger partial charge in [-0.3, -0.25) is 0 Å². The first-order chi connectivity index (χ1) is 10.7. The standard InChI is InChI=1S/C19H23NO2/c1-3-13-22-18-11-9-16(10-12-18)14-20-15(2)19(21)17-7-5-4-6-8-17/h3-12,15,19-21H,1,13-14H2,2H3/p+1/t15-,19+/m1/s1. The Hall–Kier alpha value is -2.10. The van der Waals surface area contributed by atoms with Crippen molar-refractivity contribution >= 4 is 0 Å². The Morgan fingerprint density at radius 3 is 2.45 bits per heavy atom. The van der Waals surface area contributed by atoms with E-state index in [4.69, 9.17) is 4.74 Å². The van der Waals surface area contributed by atoms with Crippen LogP contribution in [0.1, 0.15) is 24.2 Å². The Morgan fingerprint density at radius 1 is 1.14 bits per heavy atom. The average Bonchev–Trinajstić information content (AvgIpc) is 2.58. The number of hydrogen-bond donors (Lipinski definition) is 2. The van der Waals surface area contributed by atoms with Crippen LogP contribution in [0.5, 0.6) is 5.75 Å². The van der Waals surface area contributed by atoms with Crippen LogP contribution in [0.25, 0.3) is 0 Å². The van der Waals surface area contributed by atoms with Crippen LogP contribution in [0.4, 0.5) is 0 Å². The first-order valence-corrected chi connectivity index (χ1v) is 7.59. The Morgan fingerprint density at radius 2 is 1.82 bits per heavy atom. The predicted molar refractivity (Wildman–Crippen MR) is 88.6 cm³/mol. The van der Waals surface area contributed by atoms with Crippen molar-refractivity contribution in [3.8, 4) is 5.75 Å². The molecule has 0 saturated carbocycles. The van der Waals surface area contributed by atoms with Crippen molar-refractivity contribution in [3.05, 3.63) is 78.4 Å². The lowest BCUT2D eigenvalue weighted by molar-refractivity contribution is -0.709. The van der Waals surface area contributed by atoms with Gasteiger partial charge in [0.2, 0.25) is 0 Å². The van der Waals surface area contributed by atoms with Gasteiger partial charge >= 0.3 is 0 Å². The molecule has 0 aromatic heterocycles. The molecule has 0 saturated heterocycles. The van der Waals surface area contributed by atoms with Crippen LogP contribution in [-0.4, -0.2) is 17.8 Å². The normalized spacial score (nSPS) is 13.4. The zero-order chi connectivity index (χ0) is 15.8. The number of quaternary nitrogens is 1. The number of benzene rings is 2. The van der Waals surface area contributed by atoms with E-state index in [-0.39, 0.29) is 6.04 Å². The lowest BCUT2D eigenvalue weighted by atomic mass is 10.0. The van der Waals surface area contributed by atoms with Crippen LogP contribution in [0, 0.1) is 0 Å². The van der Waals surface area contributed by atoms with E-state index in [0.29, 0.717) is 6.61 Å². The van der Waals surface area contributed by atoms with Crippen molar-refractivity contribution in [2.75, 3.05) is 6.61 Å². The first-order valence-electron chi connectivity index (χ1n) is 7.59. The van der Waals surface area contributed by atoms with Crippen molar-refractivity contribution in [3.63, 3.8) is 0 Å². The number of aliphatic hydroxyl groups is 1. The molecule has 0 spiro atoms. The summed E-state index contributed by atoms with van der Waals surface area (Å²) in [4.78, 5) is 0. The smallest absolute Gasteiger partial charge is 0.130 e. The highest BCUT2D eigenvalue weighted by Gasteiger charge is 2.18. The quantitative estimate of drug-likeness (QED) is 0.735. The van der Waals surface area contributed by atoms with Gasteiger partial charge in [0, 0.05) is 5.56 Å². The van der Waals surface area contributed by atoms with E-state index < -0.39 is 6.10 Å². The molecule has 3 heteroatoms. The maximum Gasteiger partial charge on any atom is 0.130 e. The van der Waals surface area contributed by atoms with E-state index in [1.807, 2.05) is 49.4 Å². The Kier molecular flexibility index (Phi) is 6.19. The number of hydrogen-bond acceptors (Lipinski definition) is 2. The topological polar surface area (TPSA) is 46.1 Å². The maximum absolute atomic E-state index is 10.3. The maximum atomic E-state index is 10.3. The minimum Gasteiger partial charge on any atom is -0.490 e. The van der Waals surface area contributed by atoms with Gasteiger partial charge in [0.05, 0.1) is 0 Å². The monoisotopic (exact) mass is 298 g/mol. The fraction of sp³-hybridized carbons (Fsp3) is 0.263. The molecular formula is C19H24NO2+. The largest absolute Gasteiger partial charge is 0.490 e. The van der Waals surface area contributed by atoms with Crippen LogP contribution in [-0.2, 0) is 6.54 Å². The molecule has 3 N–H and O–H groups in total. The summed E-state index contributed by atoms with van der Waals surface area (Å²) in [7, 11) is 0. The summed E-state index contributed by atoms with van der Waals surface area (Å²) in [6, 6.07) is 17.9. The molecule has 0 bridgehead atoms. The molecule has 0 radical (unpaired) electrons. The molecule has 2 atom stereocenters. The molecule has 2 aromatic carbocycles. The highest BCUT2D eigenvalue weighted by atomic mass is 16.5. The van der Waals surface area contributed by atoms with Crippen LogP contribution < -0.4 is 10.1 Å². The van der Waals surface area contributed by atoms with Crippen LogP contribution >= 0.6 is 0 Å². The SMILES string of the molecule is C=CCOc1ccc(C[NH2+][C@H](C)[C@H](O)c2ccccc2)cc1. The third kappa shape index (κ3) is 4.72. The first kappa shape index (κ1) is 16.3. The molecule has 0 aliphatic carbocycles. The lowest BCUT2D eigenvalue weighted by Gasteiger charge is -2.18. The summed E-state index contributed by atoms with van der Waals surface area (Å²) in [6.07, 6.45) is 1.27. The Bertz CT molecular complexity index is 566. The van der Waals surface area contributed by atoms with Crippen LogP contribution in [0.2, 0.25) is 0 Å². The number of rotatable bonds is 8. The van der Waals surface area contributed by atoms with E-state index >= 15 is 0 Å². The molecule has 0 amide bonds. The van der Waals surface area contributed by atoms with Gasteiger partial charge in [-0.05, 0) is 36.8 Å². The Labute approximate surface area is 132 Å². The van der Waals surface area contributed by atoms with Crippen LogP contribution in [0.3, 0.4) is 0 Å². The summed E-state index contributed by atoms with van der Waals surface area (Å²) < 4.78 is 5.46. The lowest BCUT2D eigenvalue weighted by Crippen LogP contribution is -2.88. The third-order valence-electron chi connectivity index (χ3n) is 3.66. The minimum absolute atomic E-state index is 0.0964. The molecule has 2 aromatic rings. The summed E-state index contributed by atoms with van der Waals surface area (Å²) in [5.74, 6) is 0.848. The molecule has 0 heterocycles. The van der Waals surface area contributed by atoms with E-state index in [0.717, 1.165) is 17.9 Å². The molecule has 22 heavy (non-hydrogen) atoms. The second-order valence-corrected chi connectivity index (χ2v) is 5.40. The molecule has 0 aliphatic heterocycles. The van der Waals surface area contributed by atoms with E-state index in [1.54, 1.807) is 6.08 Å². The predicted octanol–water partition coefficient (Wildman–Crippen LogP) is 2.44. The van der Waals surface area contributed by atoms with Crippen molar-refractivity contribution in [1.82, 2.24) is 0 Å². The highest BCUT2D eigenvalue weighted by Crippen LogP contribution is 2.14. The summed E-state index contributed by atoms with van der Waals surface area (Å²) in [5.41, 5.74) is 2.16. The van der Waals surface area contributed by atoms with Gasteiger partial charge in [-0.2, -0.15) is 0 Å². The van der Waals surface area contributed by atoms with E-state index in [1.165, 1.54) is 5.56 Å². The molecule has 2 rings (SSSR count). The fourth-order valence-electron chi connectivity index (χ4n) is 2.28. The van der Waals surface area contributed by atoms with Gasteiger partial charge in [0.25, 0.3) is 0 Å². The van der Waals surface area contributed by atoms with Crippen molar-refractivity contribution in [2.24, 2.45) is 0 Å². The van der Waals surface area contributed by atoms with E-state index in [9.17, 15) is 5.11 Å². The molecule has 116 valence electrons. The molecule has 0 unspecified atom stereocenters. The summed E-state index contributed by atoms with van der Waals surface area (Å²) >= 11 is 0. The summed E-state index contributed by atoms with van der Waals surface area (Å²) in [5, 5.41) is 12.5. The Balaban J connectivity index is 1.85. The van der Waals surface area contributed by atoms with Crippen molar-refractivity contribution in [1.29, 1.82) is 0 Å². The number of ether oxygens (including phenoxy) is 1. The molecule has 3 nitrogen and oxygen atoms in total. The third-order valence-corrected chi connectivity index (χ3v) is 3.66. The second-order valence-electron chi connectivity index (χ2n) is 5.40. The average molecular weight is 298 g/mol. The number of aliphatic hydroxyl groups excluding tert-OH is 1. The second kappa shape index (κ2) is 8.37. The van der Waals surface area contributed by atoms with Gasteiger partial charge in [-0.15, -0.1) is 0 Å². The zero-order valence-electron chi connectivity index (χ0n) is 13.0. The minimum atomic E-state index is -0.462. The van der Waals surface area contributed by atoms with Crippen LogP contribution in [0.15, 0.2) is 67.3 Å². The van der Waals surface area contributed by atoms with Crippen molar-refractivity contribution < 1.29 is 15.2 Å². The molecule has 0 aliphatic rings. The molecule has 0 fully saturated rings. The highest BCUT2D eigenvalue weighted by molar-refractivity contribution is 5.27. The van der Waals surface area contributed by atoms with Gasteiger partial charge < -0.3 is 15.2 Å². The van der Waals surface area contributed by atoms with Gasteiger partial charge in [-0.25, -0.2) is 0 Å². The number of nitrogens with two attached hydrogens (primary N) is 1. The zero-order valence-corrected chi connectivity index (χ0v) is 13.0. The van der Waals surface area contributed by atoms with Gasteiger partial charge in [0.15, 0.2) is 0 Å². The van der Waals surface area contributed by atoms with E-state index in [2.05, 4.69) is 24.0 Å². The summed E-state index contributed by atoms with van der Waals surface area (Å²) in [6.45, 7) is 7.02. The van der Waals surface area contributed by atoms with Crippen molar-refractivity contribution in [2.45, 2.75) is 25.6 Å². The molecular weight excluding hydrogens is 274 g/mol.